The Kier molecular flexibility index (Phi) is 12.1. The number of carbonyl (C=O) groups excluding carboxylic acids is 1. The van der Waals surface area contributed by atoms with Crippen LogP contribution in [0, 0.1) is 0 Å². The number of hydrogen-bond acceptors (Lipinski definition) is 2. The zero-order valence-corrected chi connectivity index (χ0v) is 12.4. The van der Waals surface area contributed by atoms with Crippen LogP contribution in [0.15, 0.2) is 12.3 Å². The lowest BCUT2D eigenvalue weighted by Gasteiger charge is -2.05. The van der Waals surface area contributed by atoms with Crippen LogP contribution in [-0.2, 0) is 12.8 Å². The van der Waals surface area contributed by atoms with Crippen molar-refractivity contribution in [2.24, 2.45) is 0 Å². The molecule has 0 aliphatic heterocycles. The van der Waals surface area contributed by atoms with E-state index in [9.17, 15) is 4.79 Å². The van der Waals surface area contributed by atoms with Crippen LogP contribution in [0.3, 0.4) is 0 Å². The maximum atomic E-state index is 11.2. The molecule has 0 amide bonds. The van der Waals surface area contributed by atoms with Gasteiger partial charge in [-0.25, -0.2) is 0 Å². The van der Waals surface area contributed by atoms with E-state index in [-0.39, 0.29) is 5.78 Å². The number of aromatic nitrogens is 1. The van der Waals surface area contributed by atoms with Crippen molar-refractivity contribution >= 4 is 5.78 Å². The topological polar surface area (TPSA) is 30.0 Å². The first-order chi connectivity index (χ1) is 8.19. The van der Waals surface area contributed by atoms with Crippen LogP contribution in [0.1, 0.15) is 70.1 Å². The van der Waals surface area contributed by atoms with E-state index >= 15 is 0 Å². The average Bonchev–Trinajstić information content (AvgIpc) is 2.42. The minimum atomic E-state index is 0.0551. The number of hydrogen-bond donors (Lipinski definition) is 0. The summed E-state index contributed by atoms with van der Waals surface area (Å²) in [7, 11) is 0. The van der Waals surface area contributed by atoms with Gasteiger partial charge < -0.3 is 0 Å². The van der Waals surface area contributed by atoms with Crippen molar-refractivity contribution in [1.82, 2.24) is 4.98 Å². The third-order valence-electron chi connectivity index (χ3n) is 2.15. The second-order valence-corrected chi connectivity index (χ2v) is 3.11. The van der Waals surface area contributed by atoms with Gasteiger partial charge in [0, 0.05) is 13.1 Å². The fourth-order valence-corrected chi connectivity index (χ4v) is 1.34. The molecule has 1 aromatic rings. The van der Waals surface area contributed by atoms with Crippen LogP contribution in [0.4, 0.5) is 0 Å². The van der Waals surface area contributed by atoms with Gasteiger partial charge in [0.05, 0.1) is 0 Å². The molecule has 0 aliphatic rings. The Hall–Kier alpha value is -1.18. The van der Waals surface area contributed by atoms with E-state index in [4.69, 9.17) is 0 Å². The molecule has 1 heterocycles. The summed E-state index contributed by atoms with van der Waals surface area (Å²) in [5.41, 5.74) is 2.88. The van der Waals surface area contributed by atoms with Crippen molar-refractivity contribution in [3.05, 3.63) is 29.1 Å². The molecule has 0 N–H and O–H groups in total. The molecule has 0 spiro atoms. The molecular weight excluding hydrogens is 210 g/mol. The molecule has 0 aliphatic carbocycles. The molecule has 0 radical (unpaired) electrons. The number of nitrogens with zero attached hydrogens (tertiary/aromatic N) is 1. The number of rotatable bonds is 3. The van der Waals surface area contributed by atoms with E-state index in [0.29, 0.717) is 5.69 Å². The number of ketones is 1. The van der Waals surface area contributed by atoms with Gasteiger partial charge in [0.2, 0.25) is 0 Å². The van der Waals surface area contributed by atoms with Crippen molar-refractivity contribution < 1.29 is 4.79 Å². The molecule has 2 heteroatoms. The summed E-state index contributed by atoms with van der Waals surface area (Å²) in [6.45, 7) is 13.7. The van der Waals surface area contributed by atoms with Gasteiger partial charge in [-0.2, -0.15) is 0 Å². The van der Waals surface area contributed by atoms with Crippen LogP contribution >= 0.6 is 0 Å². The molecule has 17 heavy (non-hydrogen) atoms. The highest BCUT2D eigenvalue weighted by molar-refractivity contribution is 5.93. The molecular formula is C15H27NO. The highest BCUT2D eigenvalue weighted by Crippen LogP contribution is 2.10. The lowest BCUT2D eigenvalue weighted by molar-refractivity contribution is 0.101. The van der Waals surface area contributed by atoms with E-state index in [2.05, 4.69) is 18.0 Å². The summed E-state index contributed by atoms with van der Waals surface area (Å²) in [4.78, 5) is 15.3. The lowest BCUT2D eigenvalue weighted by Crippen LogP contribution is -2.03. The van der Waals surface area contributed by atoms with Gasteiger partial charge in [-0.15, -0.1) is 0 Å². The van der Waals surface area contributed by atoms with E-state index < -0.39 is 0 Å². The van der Waals surface area contributed by atoms with Crippen molar-refractivity contribution in [2.75, 3.05) is 0 Å². The zero-order chi connectivity index (χ0) is 13.8. The quantitative estimate of drug-likeness (QED) is 0.726. The number of Topliss-reactive ketones (excluding diaryl/α,β-unsaturated/α-hetero) is 1. The van der Waals surface area contributed by atoms with Gasteiger partial charge in [-0.05, 0) is 24.0 Å². The summed E-state index contributed by atoms with van der Waals surface area (Å²) < 4.78 is 0. The Bertz CT molecular complexity index is 319. The van der Waals surface area contributed by atoms with Crippen LogP contribution < -0.4 is 0 Å². The van der Waals surface area contributed by atoms with Gasteiger partial charge in [-0.1, -0.05) is 47.6 Å². The monoisotopic (exact) mass is 237 g/mol. The Morgan fingerprint density at radius 2 is 1.65 bits per heavy atom. The second-order valence-electron chi connectivity index (χ2n) is 3.11. The third-order valence-corrected chi connectivity index (χ3v) is 2.15. The van der Waals surface area contributed by atoms with Crippen molar-refractivity contribution in [3.63, 3.8) is 0 Å². The Labute approximate surface area is 106 Å². The van der Waals surface area contributed by atoms with E-state index in [0.717, 1.165) is 18.4 Å². The molecule has 2 nitrogen and oxygen atoms in total. The molecule has 1 aromatic heterocycles. The van der Waals surface area contributed by atoms with Gasteiger partial charge in [0.25, 0.3) is 0 Å². The number of pyridine rings is 1. The summed E-state index contributed by atoms with van der Waals surface area (Å²) in [5.74, 6) is 0.0551. The number of carbonyl (C=O) groups is 1. The van der Waals surface area contributed by atoms with E-state index in [1.54, 1.807) is 13.1 Å². The zero-order valence-electron chi connectivity index (χ0n) is 12.4. The van der Waals surface area contributed by atoms with Crippen molar-refractivity contribution in [3.8, 4) is 0 Å². The van der Waals surface area contributed by atoms with Crippen LogP contribution in [0.25, 0.3) is 0 Å². The SMILES string of the molecule is CC.CC.CCc1cnc(C(C)=O)c(CC)c1. The predicted octanol–water partition coefficient (Wildman–Crippen LogP) is 4.46. The molecule has 0 aromatic carbocycles. The van der Waals surface area contributed by atoms with E-state index in [1.807, 2.05) is 34.6 Å². The minimum Gasteiger partial charge on any atom is -0.293 e. The van der Waals surface area contributed by atoms with Crippen molar-refractivity contribution in [1.29, 1.82) is 0 Å². The van der Waals surface area contributed by atoms with Gasteiger partial charge in [-0.3, -0.25) is 9.78 Å². The third kappa shape index (κ3) is 6.20. The highest BCUT2D eigenvalue weighted by atomic mass is 16.1. The molecule has 0 unspecified atom stereocenters. The maximum Gasteiger partial charge on any atom is 0.178 e. The summed E-state index contributed by atoms with van der Waals surface area (Å²) in [6, 6.07) is 2.07. The Morgan fingerprint density at radius 1 is 1.12 bits per heavy atom. The molecule has 98 valence electrons. The predicted molar refractivity (Wildman–Crippen MR) is 75.7 cm³/mol. The fraction of sp³-hybridized carbons (Fsp3) is 0.600. The Morgan fingerprint density at radius 3 is 2.00 bits per heavy atom. The fourth-order valence-electron chi connectivity index (χ4n) is 1.34. The first-order valence-electron chi connectivity index (χ1n) is 6.67. The highest BCUT2D eigenvalue weighted by Gasteiger charge is 2.07. The van der Waals surface area contributed by atoms with Crippen LogP contribution in [0.2, 0.25) is 0 Å². The Balaban J connectivity index is 0. The summed E-state index contributed by atoms with van der Waals surface area (Å²) in [5, 5.41) is 0. The minimum absolute atomic E-state index is 0.0551. The first kappa shape index (κ1) is 18.2. The number of aryl methyl sites for hydroxylation is 2. The standard InChI is InChI=1S/C11H15NO.2C2H6/c1-4-9-6-10(5-2)11(8(3)13)12-7-9;2*1-2/h6-7H,4-5H2,1-3H3;2*1-2H3. The van der Waals surface area contributed by atoms with Crippen LogP contribution in [0.5, 0.6) is 0 Å². The molecule has 0 saturated carbocycles. The lowest BCUT2D eigenvalue weighted by atomic mass is 10.1. The normalized spacial score (nSPS) is 8.41. The first-order valence-corrected chi connectivity index (χ1v) is 6.67. The smallest absolute Gasteiger partial charge is 0.178 e. The van der Waals surface area contributed by atoms with Gasteiger partial charge >= 0.3 is 0 Å². The molecule has 0 bridgehead atoms. The van der Waals surface area contributed by atoms with E-state index in [1.165, 1.54) is 5.56 Å². The average molecular weight is 237 g/mol. The molecule has 0 atom stereocenters. The largest absolute Gasteiger partial charge is 0.293 e. The van der Waals surface area contributed by atoms with Crippen molar-refractivity contribution in [2.45, 2.75) is 61.3 Å². The summed E-state index contributed by atoms with van der Waals surface area (Å²) in [6.07, 6.45) is 3.63. The molecule has 0 saturated heterocycles. The molecule has 1 rings (SSSR count). The molecule has 0 fully saturated rings. The summed E-state index contributed by atoms with van der Waals surface area (Å²) >= 11 is 0. The maximum absolute atomic E-state index is 11.2. The second kappa shape index (κ2) is 11.3. The van der Waals surface area contributed by atoms with Gasteiger partial charge in [0.1, 0.15) is 5.69 Å². The van der Waals surface area contributed by atoms with Gasteiger partial charge in [0.15, 0.2) is 5.78 Å². The van der Waals surface area contributed by atoms with Crippen LogP contribution in [-0.4, -0.2) is 10.8 Å².